The van der Waals surface area contributed by atoms with Crippen LogP contribution in [0.4, 0.5) is 0 Å². The average molecular weight is 441 g/mol. The van der Waals surface area contributed by atoms with Crippen LogP contribution in [0.5, 0.6) is 0 Å². The average Bonchev–Trinajstić information content (AvgIpc) is 2.82. The Morgan fingerprint density at radius 3 is 2.79 bits per heavy atom. The fourth-order valence-electron chi connectivity index (χ4n) is 2.65. The number of hydrogen-bond donors (Lipinski definition) is 5. The fraction of sp³-hybridized carbons (Fsp3) is 0.714. The molecule has 1 aliphatic heterocycles. The normalized spacial score (nSPS) is 30.9. The lowest BCUT2D eigenvalue weighted by Gasteiger charge is -2.27. The number of aliphatic hydroxyl groups is 2. The van der Waals surface area contributed by atoms with E-state index in [2.05, 4.69) is 4.98 Å². The second kappa shape index (κ2) is 9.22. The van der Waals surface area contributed by atoms with Crippen molar-refractivity contribution in [2.45, 2.75) is 37.0 Å². The summed E-state index contributed by atoms with van der Waals surface area (Å²) < 4.78 is 33.1. The Hall–Kier alpha value is -0.990. The largest absolute Gasteiger partial charge is 0.472 e. The van der Waals surface area contributed by atoms with E-state index in [9.17, 15) is 24.5 Å². The standard InChI is InChI=1S/C14H24N3O9PS/c1-14(20)11(19)9(7-25-27(21,22)24-6-8(15)5-23-2)26-12(14)17-4-3-10(18)16-13(17)28/h3-4,8-9,11-12,19-20H,5-7,15H2,1-2H3,(H,21,22)(H,16,18,28)/t8-,9-,11+,12-,14?/m1/s1. The summed E-state index contributed by atoms with van der Waals surface area (Å²) in [5, 5.41) is 21.0. The molecule has 12 nitrogen and oxygen atoms in total. The molecule has 160 valence electrons. The van der Waals surface area contributed by atoms with Gasteiger partial charge in [0.25, 0.3) is 5.56 Å². The molecule has 0 radical (unpaired) electrons. The quantitative estimate of drug-likeness (QED) is 0.235. The van der Waals surface area contributed by atoms with Gasteiger partial charge in [0.1, 0.15) is 17.8 Å². The summed E-state index contributed by atoms with van der Waals surface area (Å²) in [4.78, 5) is 23.4. The minimum atomic E-state index is -4.48. The predicted octanol–water partition coefficient (Wildman–Crippen LogP) is -0.978. The van der Waals surface area contributed by atoms with Crippen LogP contribution < -0.4 is 11.3 Å². The summed E-state index contributed by atoms with van der Waals surface area (Å²) in [6.45, 7) is 0.573. The van der Waals surface area contributed by atoms with Gasteiger partial charge in [-0.15, -0.1) is 0 Å². The van der Waals surface area contributed by atoms with Crippen LogP contribution in [0.15, 0.2) is 17.1 Å². The van der Waals surface area contributed by atoms with Gasteiger partial charge in [0.05, 0.1) is 25.9 Å². The van der Waals surface area contributed by atoms with E-state index in [0.717, 1.165) is 0 Å². The van der Waals surface area contributed by atoms with Crippen molar-refractivity contribution in [2.24, 2.45) is 5.73 Å². The van der Waals surface area contributed by atoms with Crippen molar-refractivity contribution < 1.29 is 38.2 Å². The molecular formula is C14H24N3O9PS. The van der Waals surface area contributed by atoms with Crippen LogP contribution in [0.2, 0.25) is 0 Å². The number of nitrogens with two attached hydrogens (primary N) is 1. The first-order valence-corrected chi connectivity index (χ1v) is 10.1. The molecule has 0 saturated carbocycles. The molecule has 1 aliphatic rings. The van der Waals surface area contributed by atoms with E-state index in [1.165, 1.54) is 30.9 Å². The molecule has 2 unspecified atom stereocenters. The van der Waals surface area contributed by atoms with Crippen molar-refractivity contribution in [2.75, 3.05) is 26.9 Å². The highest BCUT2D eigenvalue weighted by molar-refractivity contribution is 7.71. The monoisotopic (exact) mass is 441 g/mol. The van der Waals surface area contributed by atoms with E-state index >= 15 is 0 Å². The van der Waals surface area contributed by atoms with Crippen LogP contribution in [-0.2, 0) is 23.1 Å². The first-order chi connectivity index (χ1) is 13.0. The molecule has 14 heteroatoms. The van der Waals surface area contributed by atoms with Gasteiger partial charge in [-0.25, -0.2) is 4.57 Å². The van der Waals surface area contributed by atoms with Gasteiger partial charge in [-0.1, -0.05) is 0 Å². The summed E-state index contributed by atoms with van der Waals surface area (Å²) in [5.41, 5.74) is 3.33. The first kappa shape index (κ1) is 23.3. The first-order valence-electron chi connectivity index (χ1n) is 8.21. The SMILES string of the molecule is COC[C@@H](N)COP(=O)(O)OC[C@H]1O[C@@H](n2ccc(=O)[nH]c2=S)C(C)(O)[C@H]1O. The van der Waals surface area contributed by atoms with Gasteiger partial charge in [0.2, 0.25) is 0 Å². The van der Waals surface area contributed by atoms with E-state index < -0.39 is 50.1 Å². The highest BCUT2D eigenvalue weighted by Crippen LogP contribution is 2.45. The number of ether oxygens (including phenoxy) is 2. The van der Waals surface area contributed by atoms with Crippen LogP contribution in [0.1, 0.15) is 13.2 Å². The summed E-state index contributed by atoms with van der Waals surface area (Å²) >= 11 is 5.04. The van der Waals surface area contributed by atoms with E-state index in [0.29, 0.717) is 0 Å². The highest BCUT2D eigenvalue weighted by Gasteiger charge is 2.53. The zero-order chi connectivity index (χ0) is 21.1. The molecule has 0 amide bonds. The third-order valence-electron chi connectivity index (χ3n) is 4.09. The lowest BCUT2D eigenvalue weighted by Crippen LogP contribution is -2.44. The van der Waals surface area contributed by atoms with Gasteiger partial charge in [0, 0.05) is 19.4 Å². The number of H-pyrrole nitrogens is 1. The van der Waals surface area contributed by atoms with Gasteiger partial charge < -0.3 is 30.3 Å². The number of aromatic nitrogens is 2. The fourth-order valence-corrected chi connectivity index (χ4v) is 3.69. The molecule has 1 aromatic heterocycles. The number of aromatic amines is 1. The summed E-state index contributed by atoms with van der Waals surface area (Å²) in [6, 6.07) is 0.541. The molecule has 6 N–H and O–H groups in total. The number of phosphoric acid groups is 1. The second-order valence-electron chi connectivity index (χ2n) is 6.49. The number of aliphatic hydroxyl groups excluding tert-OH is 1. The highest BCUT2D eigenvalue weighted by atomic mass is 32.1. The summed E-state index contributed by atoms with van der Waals surface area (Å²) in [5.74, 6) is 0. The Morgan fingerprint density at radius 1 is 1.50 bits per heavy atom. The molecule has 0 bridgehead atoms. The maximum atomic E-state index is 11.9. The minimum Gasteiger partial charge on any atom is -0.387 e. The van der Waals surface area contributed by atoms with Crippen molar-refractivity contribution in [1.29, 1.82) is 0 Å². The molecule has 1 fully saturated rings. The molecule has 6 atom stereocenters. The van der Waals surface area contributed by atoms with Crippen molar-refractivity contribution in [3.63, 3.8) is 0 Å². The molecule has 0 aromatic carbocycles. The number of nitrogens with one attached hydrogen (secondary N) is 1. The molecule has 0 aliphatic carbocycles. The Kier molecular flexibility index (Phi) is 7.67. The Balaban J connectivity index is 2.04. The number of phosphoric ester groups is 1. The molecule has 2 heterocycles. The summed E-state index contributed by atoms with van der Waals surface area (Å²) in [7, 11) is -3.06. The van der Waals surface area contributed by atoms with E-state index in [1.54, 1.807) is 0 Å². The number of methoxy groups -OCH3 is 1. The smallest absolute Gasteiger partial charge is 0.387 e. The van der Waals surface area contributed by atoms with Crippen LogP contribution in [0.25, 0.3) is 0 Å². The molecule has 1 aromatic rings. The molecule has 0 spiro atoms. The van der Waals surface area contributed by atoms with Crippen molar-refractivity contribution in [1.82, 2.24) is 9.55 Å². The molecular weight excluding hydrogens is 417 g/mol. The van der Waals surface area contributed by atoms with Gasteiger partial charge >= 0.3 is 7.82 Å². The Morgan fingerprint density at radius 2 is 2.18 bits per heavy atom. The zero-order valence-corrected chi connectivity index (χ0v) is 17.0. The minimum absolute atomic E-state index is 0.0326. The van der Waals surface area contributed by atoms with Gasteiger partial charge in [-0.2, -0.15) is 0 Å². The van der Waals surface area contributed by atoms with E-state index in [1.807, 2.05) is 0 Å². The third-order valence-corrected chi connectivity index (χ3v) is 5.36. The maximum absolute atomic E-state index is 11.9. The Labute approximate surface area is 165 Å². The Bertz CT molecular complexity index is 829. The molecule has 2 rings (SSSR count). The van der Waals surface area contributed by atoms with Crippen LogP contribution in [0, 0.1) is 4.77 Å². The van der Waals surface area contributed by atoms with E-state index in [4.69, 9.17) is 36.5 Å². The predicted molar refractivity (Wildman–Crippen MR) is 98.0 cm³/mol. The third kappa shape index (κ3) is 5.54. The zero-order valence-electron chi connectivity index (χ0n) is 15.3. The van der Waals surface area contributed by atoms with Gasteiger partial charge in [0.15, 0.2) is 11.0 Å². The molecule has 28 heavy (non-hydrogen) atoms. The van der Waals surface area contributed by atoms with Gasteiger partial charge in [-0.05, 0) is 19.1 Å². The number of nitrogens with zero attached hydrogens (tertiary/aromatic N) is 1. The second-order valence-corrected chi connectivity index (χ2v) is 8.33. The lowest BCUT2D eigenvalue weighted by atomic mass is 9.96. The van der Waals surface area contributed by atoms with Crippen molar-refractivity contribution in [3.05, 3.63) is 27.4 Å². The van der Waals surface area contributed by atoms with Crippen molar-refractivity contribution >= 4 is 20.0 Å². The van der Waals surface area contributed by atoms with E-state index in [-0.39, 0.29) is 18.0 Å². The maximum Gasteiger partial charge on any atom is 0.472 e. The van der Waals surface area contributed by atoms with Gasteiger partial charge in [-0.3, -0.25) is 23.4 Å². The van der Waals surface area contributed by atoms with Crippen LogP contribution in [0.3, 0.4) is 0 Å². The molecule has 1 saturated heterocycles. The topological polar surface area (TPSA) is 178 Å². The van der Waals surface area contributed by atoms with Crippen molar-refractivity contribution in [3.8, 4) is 0 Å². The van der Waals surface area contributed by atoms with Crippen LogP contribution >= 0.6 is 20.0 Å². The summed E-state index contributed by atoms with van der Waals surface area (Å²) in [6.07, 6.45) is -2.53. The number of rotatable bonds is 9. The number of hydrogen-bond acceptors (Lipinski definition) is 10. The lowest BCUT2D eigenvalue weighted by molar-refractivity contribution is -0.0978. The van der Waals surface area contributed by atoms with Crippen LogP contribution in [-0.4, -0.2) is 75.4 Å².